The van der Waals surface area contributed by atoms with Gasteiger partial charge in [-0.3, -0.25) is 4.79 Å². The summed E-state index contributed by atoms with van der Waals surface area (Å²) in [6, 6.07) is 14.3. The molecule has 132 valence electrons. The third-order valence-electron chi connectivity index (χ3n) is 4.02. The van der Waals surface area contributed by atoms with Gasteiger partial charge in [-0.2, -0.15) is 0 Å². The first-order valence-electron chi connectivity index (χ1n) is 8.28. The first kappa shape index (κ1) is 17.8. The van der Waals surface area contributed by atoms with Crippen LogP contribution >= 0.6 is 11.8 Å². The number of hydrogen-bond donors (Lipinski definition) is 1. The first-order chi connectivity index (χ1) is 12.1. The van der Waals surface area contributed by atoms with Crippen LogP contribution in [0.5, 0.6) is 0 Å². The van der Waals surface area contributed by atoms with Crippen LogP contribution in [0.4, 0.5) is 15.8 Å². The lowest BCUT2D eigenvalue weighted by Gasteiger charge is -2.28. The fourth-order valence-electron chi connectivity index (χ4n) is 2.61. The second kappa shape index (κ2) is 8.36. The van der Waals surface area contributed by atoms with Crippen molar-refractivity contribution in [2.24, 2.45) is 0 Å². The molecule has 0 radical (unpaired) electrons. The van der Waals surface area contributed by atoms with E-state index in [0.29, 0.717) is 4.90 Å². The van der Waals surface area contributed by atoms with E-state index in [0.717, 1.165) is 37.7 Å². The van der Waals surface area contributed by atoms with Gasteiger partial charge in [0.25, 0.3) is 0 Å². The topological polar surface area (TPSA) is 41.6 Å². The Morgan fingerprint density at radius 1 is 1.16 bits per heavy atom. The fourth-order valence-corrected chi connectivity index (χ4v) is 3.49. The Hall–Kier alpha value is -2.05. The molecule has 0 aliphatic carbocycles. The monoisotopic (exact) mass is 360 g/mol. The number of nitrogens with one attached hydrogen (secondary N) is 1. The van der Waals surface area contributed by atoms with Crippen molar-refractivity contribution >= 4 is 29.0 Å². The highest BCUT2D eigenvalue weighted by molar-refractivity contribution is 8.00. The molecule has 0 bridgehead atoms. The number of anilines is 2. The van der Waals surface area contributed by atoms with E-state index in [-0.39, 0.29) is 11.7 Å². The van der Waals surface area contributed by atoms with Gasteiger partial charge in [0, 0.05) is 29.4 Å². The van der Waals surface area contributed by atoms with Crippen molar-refractivity contribution in [2.45, 2.75) is 17.1 Å². The van der Waals surface area contributed by atoms with Crippen molar-refractivity contribution in [3.05, 3.63) is 54.3 Å². The highest BCUT2D eigenvalue weighted by Gasteiger charge is 2.17. The number of benzene rings is 2. The van der Waals surface area contributed by atoms with Crippen LogP contribution < -0.4 is 10.2 Å². The Balaban J connectivity index is 1.57. The van der Waals surface area contributed by atoms with Crippen LogP contribution in [0, 0.1) is 5.82 Å². The number of hydrogen-bond acceptors (Lipinski definition) is 4. The molecular weight excluding hydrogens is 339 g/mol. The lowest BCUT2D eigenvalue weighted by molar-refractivity contribution is -0.115. The smallest absolute Gasteiger partial charge is 0.237 e. The standard InChI is InChI=1S/C19H21FN2O2S/c1-14(25-18-5-3-2-4-17(18)20)19(23)21-15-6-8-16(9-7-15)22-10-12-24-13-11-22/h2-9,14H,10-13H2,1H3,(H,21,23). The maximum atomic E-state index is 13.7. The van der Waals surface area contributed by atoms with Crippen molar-refractivity contribution < 1.29 is 13.9 Å². The maximum absolute atomic E-state index is 13.7. The van der Waals surface area contributed by atoms with E-state index < -0.39 is 5.25 Å². The molecule has 25 heavy (non-hydrogen) atoms. The minimum atomic E-state index is -0.393. The molecule has 1 amide bonds. The Morgan fingerprint density at radius 2 is 1.84 bits per heavy atom. The number of thioether (sulfide) groups is 1. The summed E-state index contributed by atoms with van der Waals surface area (Å²) in [6.45, 7) is 5.01. The second-order valence-corrected chi connectivity index (χ2v) is 7.21. The highest BCUT2D eigenvalue weighted by atomic mass is 32.2. The number of halogens is 1. The molecule has 1 atom stereocenters. The molecule has 1 heterocycles. The molecule has 2 aromatic carbocycles. The Labute approximate surface area is 151 Å². The molecule has 3 rings (SSSR count). The molecule has 1 aliphatic heterocycles. The quantitative estimate of drug-likeness (QED) is 0.824. The van der Waals surface area contributed by atoms with Gasteiger partial charge in [0.2, 0.25) is 5.91 Å². The van der Waals surface area contributed by atoms with E-state index in [4.69, 9.17) is 4.74 Å². The normalized spacial score (nSPS) is 15.7. The Bertz CT molecular complexity index is 718. The number of nitrogens with zero attached hydrogens (tertiary/aromatic N) is 1. The van der Waals surface area contributed by atoms with Gasteiger partial charge in [0.1, 0.15) is 5.82 Å². The third kappa shape index (κ3) is 4.74. The van der Waals surface area contributed by atoms with Gasteiger partial charge in [-0.15, -0.1) is 11.8 Å². The predicted molar refractivity (Wildman–Crippen MR) is 99.8 cm³/mol. The number of carbonyl (C=O) groups excluding carboxylic acids is 1. The van der Waals surface area contributed by atoms with Gasteiger partial charge in [0.15, 0.2) is 0 Å². The SMILES string of the molecule is CC(Sc1ccccc1F)C(=O)Nc1ccc(N2CCOCC2)cc1. The summed E-state index contributed by atoms with van der Waals surface area (Å²) in [5, 5.41) is 2.49. The van der Waals surface area contributed by atoms with E-state index in [1.54, 1.807) is 25.1 Å². The minimum absolute atomic E-state index is 0.146. The molecule has 0 spiro atoms. The average Bonchev–Trinajstić information content (AvgIpc) is 2.65. The largest absolute Gasteiger partial charge is 0.378 e. The number of carbonyl (C=O) groups is 1. The van der Waals surface area contributed by atoms with Crippen LogP contribution in [0.15, 0.2) is 53.4 Å². The van der Waals surface area contributed by atoms with Gasteiger partial charge in [-0.05, 0) is 43.3 Å². The van der Waals surface area contributed by atoms with Crippen molar-refractivity contribution in [1.82, 2.24) is 0 Å². The van der Waals surface area contributed by atoms with E-state index in [9.17, 15) is 9.18 Å². The van der Waals surface area contributed by atoms with E-state index in [1.807, 2.05) is 24.3 Å². The molecule has 4 nitrogen and oxygen atoms in total. The van der Waals surface area contributed by atoms with E-state index in [2.05, 4.69) is 10.2 Å². The highest BCUT2D eigenvalue weighted by Crippen LogP contribution is 2.27. The van der Waals surface area contributed by atoms with Crippen LogP contribution in [-0.4, -0.2) is 37.5 Å². The molecule has 1 N–H and O–H groups in total. The van der Waals surface area contributed by atoms with Crippen molar-refractivity contribution in [3.63, 3.8) is 0 Å². The fraction of sp³-hybridized carbons (Fsp3) is 0.316. The number of morpholine rings is 1. The van der Waals surface area contributed by atoms with Crippen LogP contribution in [0.3, 0.4) is 0 Å². The third-order valence-corrected chi connectivity index (χ3v) is 5.17. The maximum Gasteiger partial charge on any atom is 0.237 e. The van der Waals surface area contributed by atoms with E-state index in [1.165, 1.54) is 17.8 Å². The molecule has 6 heteroatoms. The van der Waals surface area contributed by atoms with Gasteiger partial charge in [0.05, 0.1) is 18.5 Å². The molecule has 2 aromatic rings. The summed E-state index contributed by atoms with van der Waals surface area (Å²) in [5.74, 6) is -0.450. The van der Waals surface area contributed by atoms with E-state index >= 15 is 0 Å². The summed E-state index contributed by atoms with van der Waals surface area (Å²) in [5.41, 5.74) is 1.86. The molecule has 1 unspecified atom stereocenters. The molecule has 0 saturated carbocycles. The number of rotatable bonds is 5. The zero-order valence-corrected chi connectivity index (χ0v) is 14.9. The Morgan fingerprint density at radius 3 is 2.52 bits per heavy atom. The van der Waals surface area contributed by atoms with Gasteiger partial charge in [-0.25, -0.2) is 4.39 Å². The average molecular weight is 360 g/mol. The van der Waals surface area contributed by atoms with Gasteiger partial charge >= 0.3 is 0 Å². The van der Waals surface area contributed by atoms with Gasteiger partial charge in [-0.1, -0.05) is 12.1 Å². The van der Waals surface area contributed by atoms with Crippen molar-refractivity contribution in [1.29, 1.82) is 0 Å². The van der Waals surface area contributed by atoms with Crippen LogP contribution in [0.1, 0.15) is 6.92 Å². The summed E-state index contributed by atoms with van der Waals surface area (Å²) in [6.07, 6.45) is 0. The summed E-state index contributed by atoms with van der Waals surface area (Å²) in [4.78, 5) is 15.1. The molecular formula is C19H21FN2O2S. The second-order valence-electron chi connectivity index (χ2n) is 5.83. The number of ether oxygens (including phenoxy) is 1. The number of amides is 1. The predicted octanol–water partition coefficient (Wildman–Crippen LogP) is 3.78. The molecule has 1 saturated heterocycles. The Kier molecular flexibility index (Phi) is 5.94. The lowest BCUT2D eigenvalue weighted by Crippen LogP contribution is -2.36. The van der Waals surface area contributed by atoms with Crippen molar-refractivity contribution in [2.75, 3.05) is 36.5 Å². The van der Waals surface area contributed by atoms with Crippen molar-refractivity contribution in [3.8, 4) is 0 Å². The van der Waals surface area contributed by atoms with Crippen LogP contribution in [-0.2, 0) is 9.53 Å². The van der Waals surface area contributed by atoms with Crippen LogP contribution in [0.2, 0.25) is 0 Å². The molecule has 1 aliphatic rings. The molecule has 1 fully saturated rings. The first-order valence-corrected chi connectivity index (χ1v) is 9.16. The zero-order valence-electron chi connectivity index (χ0n) is 14.1. The summed E-state index contributed by atoms with van der Waals surface area (Å²) >= 11 is 1.21. The summed E-state index contributed by atoms with van der Waals surface area (Å²) < 4.78 is 19.0. The van der Waals surface area contributed by atoms with Crippen LogP contribution in [0.25, 0.3) is 0 Å². The lowest BCUT2D eigenvalue weighted by atomic mass is 10.2. The zero-order chi connectivity index (χ0) is 17.6. The van der Waals surface area contributed by atoms with Gasteiger partial charge < -0.3 is 15.0 Å². The molecule has 0 aromatic heterocycles. The summed E-state index contributed by atoms with van der Waals surface area (Å²) in [7, 11) is 0. The minimum Gasteiger partial charge on any atom is -0.378 e.